The van der Waals surface area contributed by atoms with Crippen LogP contribution in [0.3, 0.4) is 0 Å². The van der Waals surface area contributed by atoms with Gasteiger partial charge < -0.3 is 15.0 Å². The first kappa shape index (κ1) is 14.5. The molecule has 0 radical (unpaired) electrons. The van der Waals surface area contributed by atoms with Crippen LogP contribution in [0.1, 0.15) is 32.6 Å². The van der Waals surface area contributed by atoms with Gasteiger partial charge in [-0.15, -0.1) is 0 Å². The Balaban J connectivity index is 2.29. The van der Waals surface area contributed by atoms with Gasteiger partial charge in [-0.2, -0.15) is 0 Å². The Morgan fingerprint density at radius 1 is 1.47 bits per heavy atom. The van der Waals surface area contributed by atoms with Crippen LogP contribution in [0.2, 0.25) is 0 Å². The van der Waals surface area contributed by atoms with Gasteiger partial charge >= 0.3 is 5.97 Å². The molecule has 0 saturated heterocycles. The number of carbonyl (C=O) groups excluding carboxylic acids is 1. The number of nitrogens with one attached hydrogen (secondary N) is 1. The van der Waals surface area contributed by atoms with Gasteiger partial charge in [-0.05, 0) is 45.2 Å². The normalized spacial score (nSPS) is 17.2. The highest BCUT2D eigenvalue weighted by molar-refractivity contribution is 5.75. The molecule has 1 rings (SSSR count). The second kappa shape index (κ2) is 7.67. The maximum Gasteiger partial charge on any atom is 0.322 e. The lowest BCUT2D eigenvalue weighted by molar-refractivity contribution is -0.143. The molecule has 1 atom stereocenters. The molecule has 1 aliphatic rings. The third-order valence-electron chi connectivity index (χ3n) is 3.32. The van der Waals surface area contributed by atoms with Crippen LogP contribution < -0.4 is 5.32 Å². The molecule has 0 aromatic heterocycles. The van der Waals surface area contributed by atoms with E-state index in [-0.39, 0.29) is 12.0 Å². The fourth-order valence-corrected chi connectivity index (χ4v) is 2.11. The lowest BCUT2D eigenvalue weighted by atomic mass is 10.2. The smallest absolute Gasteiger partial charge is 0.322 e. The Morgan fingerprint density at radius 3 is 2.65 bits per heavy atom. The standard InChI is InChI=1S/C13H26N2O2/c1-4-8-15(10-11-5-6-11)9-7-12(14-2)13(16)17-3/h11-12,14H,4-10H2,1-3H3. The summed E-state index contributed by atoms with van der Waals surface area (Å²) in [6.07, 6.45) is 4.77. The molecule has 0 aromatic rings. The molecule has 0 aromatic carbocycles. The lowest BCUT2D eigenvalue weighted by Crippen LogP contribution is -2.39. The molecular weight excluding hydrogens is 216 g/mol. The van der Waals surface area contributed by atoms with Crippen molar-refractivity contribution in [2.24, 2.45) is 5.92 Å². The van der Waals surface area contributed by atoms with Crippen LogP contribution in [0, 0.1) is 5.92 Å². The number of ether oxygens (including phenoxy) is 1. The average Bonchev–Trinajstić information content (AvgIpc) is 3.13. The van der Waals surface area contributed by atoms with Crippen molar-refractivity contribution >= 4 is 5.97 Å². The van der Waals surface area contributed by atoms with E-state index in [2.05, 4.69) is 17.1 Å². The summed E-state index contributed by atoms with van der Waals surface area (Å²) in [6.45, 7) is 5.51. The fraction of sp³-hybridized carbons (Fsp3) is 0.923. The minimum atomic E-state index is -0.168. The number of rotatable bonds is 9. The summed E-state index contributed by atoms with van der Waals surface area (Å²) in [5, 5.41) is 3.02. The molecule has 1 unspecified atom stereocenters. The third-order valence-corrected chi connectivity index (χ3v) is 3.32. The van der Waals surface area contributed by atoms with E-state index in [0.717, 1.165) is 25.4 Å². The van der Waals surface area contributed by atoms with Crippen molar-refractivity contribution in [1.82, 2.24) is 10.2 Å². The van der Waals surface area contributed by atoms with Crippen LogP contribution in [-0.4, -0.2) is 50.7 Å². The SMILES string of the molecule is CCCN(CCC(NC)C(=O)OC)CC1CC1. The molecule has 0 amide bonds. The van der Waals surface area contributed by atoms with Crippen molar-refractivity contribution < 1.29 is 9.53 Å². The Morgan fingerprint density at radius 2 is 2.18 bits per heavy atom. The van der Waals surface area contributed by atoms with Crippen LogP contribution >= 0.6 is 0 Å². The quantitative estimate of drug-likeness (QED) is 0.618. The maximum absolute atomic E-state index is 11.4. The summed E-state index contributed by atoms with van der Waals surface area (Å²) in [5.74, 6) is 0.753. The van der Waals surface area contributed by atoms with Gasteiger partial charge in [-0.3, -0.25) is 4.79 Å². The second-order valence-electron chi connectivity index (χ2n) is 4.90. The van der Waals surface area contributed by atoms with E-state index < -0.39 is 0 Å². The predicted octanol–water partition coefficient (Wildman–Crippen LogP) is 1.26. The van der Waals surface area contributed by atoms with Gasteiger partial charge in [0.25, 0.3) is 0 Å². The van der Waals surface area contributed by atoms with Gasteiger partial charge in [0.2, 0.25) is 0 Å². The molecule has 1 N–H and O–H groups in total. The van der Waals surface area contributed by atoms with Crippen molar-refractivity contribution in [3.05, 3.63) is 0 Å². The van der Waals surface area contributed by atoms with Gasteiger partial charge in [-0.1, -0.05) is 6.92 Å². The van der Waals surface area contributed by atoms with E-state index in [1.807, 2.05) is 7.05 Å². The van der Waals surface area contributed by atoms with E-state index >= 15 is 0 Å². The maximum atomic E-state index is 11.4. The number of carbonyl (C=O) groups is 1. The highest BCUT2D eigenvalue weighted by atomic mass is 16.5. The van der Waals surface area contributed by atoms with Crippen LogP contribution in [-0.2, 0) is 9.53 Å². The van der Waals surface area contributed by atoms with Crippen LogP contribution in [0.25, 0.3) is 0 Å². The number of nitrogens with zero attached hydrogens (tertiary/aromatic N) is 1. The number of hydrogen-bond donors (Lipinski definition) is 1. The molecule has 0 aliphatic heterocycles. The van der Waals surface area contributed by atoms with Gasteiger partial charge in [0.1, 0.15) is 6.04 Å². The number of likely N-dealkylation sites (N-methyl/N-ethyl adjacent to an activating group) is 1. The molecule has 0 spiro atoms. The molecule has 1 fully saturated rings. The van der Waals surface area contributed by atoms with E-state index in [1.165, 1.54) is 32.9 Å². The second-order valence-corrected chi connectivity index (χ2v) is 4.90. The largest absolute Gasteiger partial charge is 0.468 e. The van der Waals surface area contributed by atoms with Gasteiger partial charge in [0.05, 0.1) is 7.11 Å². The van der Waals surface area contributed by atoms with E-state index in [4.69, 9.17) is 4.74 Å². The van der Waals surface area contributed by atoms with Crippen molar-refractivity contribution in [1.29, 1.82) is 0 Å². The summed E-state index contributed by atoms with van der Waals surface area (Å²) < 4.78 is 4.77. The molecule has 4 nitrogen and oxygen atoms in total. The Bertz CT molecular complexity index is 229. The number of hydrogen-bond acceptors (Lipinski definition) is 4. The first-order valence-corrected chi connectivity index (χ1v) is 6.68. The summed E-state index contributed by atoms with van der Waals surface area (Å²) in [7, 11) is 3.26. The van der Waals surface area contributed by atoms with Crippen molar-refractivity contribution in [2.45, 2.75) is 38.6 Å². The highest BCUT2D eigenvalue weighted by Gasteiger charge is 2.25. The Hall–Kier alpha value is -0.610. The number of methoxy groups -OCH3 is 1. The van der Waals surface area contributed by atoms with Crippen LogP contribution in [0.5, 0.6) is 0 Å². The van der Waals surface area contributed by atoms with Gasteiger partial charge in [0, 0.05) is 13.1 Å². The summed E-state index contributed by atoms with van der Waals surface area (Å²) >= 11 is 0. The van der Waals surface area contributed by atoms with Crippen LogP contribution in [0.15, 0.2) is 0 Å². The zero-order valence-corrected chi connectivity index (χ0v) is 11.4. The first-order valence-electron chi connectivity index (χ1n) is 6.68. The Kier molecular flexibility index (Phi) is 6.52. The van der Waals surface area contributed by atoms with E-state index in [0.29, 0.717) is 0 Å². The summed E-state index contributed by atoms with van der Waals surface area (Å²) in [6, 6.07) is -0.168. The van der Waals surface area contributed by atoms with Crippen molar-refractivity contribution in [3.63, 3.8) is 0 Å². The predicted molar refractivity (Wildman–Crippen MR) is 68.9 cm³/mol. The molecule has 17 heavy (non-hydrogen) atoms. The Labute approximate surface area is 105 Å². The van der Waals surface area contributed by atoms with E-state index in [1.54, 1.807) is 0 Å². The van der Waals surface area contributed by atoms with E-state index in [9.17, 15) is 4.79 Å². The topological polar surface area (TPSA) is 41.6 Å². The minimum absolute atomic E-state index is 0.157. The third kappa shape index (κ3) is 5.50. The molecule has 0 bridgehead atoms. The zero-order chi connectivity index (χ0) is 12.7. The number of esters is 1. The molecule has 1 saturated carbocycles. The molecule has 100 valence electrons. The zero-order valence-electron chi connectivity index (χ0n) is 11.4. The molecule has 1 aliphatic carbocycles. The average molecular weight is 242 g/mol. The fourth-order valence-electron chi connectivity index (χ4n) is 2.11. The lowest BCUT2D eigenvalue weighted by Gasteiger charge is -2.23. The monoisotopic (exact) mass is 242 g/mol. The highest BCUT2D eigenvalue weighted by Crippen LogP contribution is 2.29. The summed E-state index contributed by atoms with van der Waals surface area (Å²) in [5.41, 5.74) is 0. The molecular formula is C13H26N2O2. The van der Waals surface area contributed by atoms with Crippen molar-refractivity contribution in [2.75, 3.05) is 33.8 Å². The van der Waals surface area contributed by atoms with Gasteiger partial charge in [0.15, 0.2) is 0 Å². The van der Waals surface area contributed by atoms with Gasteiger partial charge in [-0.25, -0.2) is 0 Å². The summed E-state index contributed by atoms with van der Waals surface area (Å²) in [4.78, 5) is 13.9. The molecule has 4 heteroatoms. The molecule has 0 heterocycles. The van der Waals surface area contributed by atoms with Crippen LogP contribution in [0.4, 0.5) is 0 Å². The van der Waals surface area contributed by atoms with Crippen molar-refractivity contribution in [3.8, 4) is 0 Å². The first-order chi connectivity index (χ1) is 8.21. The minimum Gasteiger partial charge on any atom is -0.468 e.